The first kappa shape index (κ1) is 13.4. The standard InChI is InChI=1S/C11H17N3O3/c1-11(2,16)7-14(3)8-5-6-12-9(13-8)10(15)17-4/h5-6,16H,7H2,1-4H3. The minimum atomic E-state index is -0.842. The van der Waals surface area contributed by atoms with Crippen LogP contribution in [0.3, 0.4) is 0 Å². The zero-order chi connectivity index (χ0) is 13.1. The van der Waals surface area contributed by atoms with Crippen LogP contribution in [0.5, 0.6) is 0 Å². The lowest BCUT2D eigenvalue weighted by Crippen LogP contribution is -2.36. The van der Waals surface area contributed by atoms with Gasteiger partial charge in [-0.05, 0) is 19.9 Å². The fourth-order valence-electron chi connectivity index (χ4n) is 1.41. The molecule has 6 heteroatoms. The fraction of sp³-hybridized carbons (Fsp3) is 0.545. The molecule has 0 unspecified atom stereocenters. The number of esters is 1. The summed E-state index contributed by atoms with van der Waals surface area (Å²) in [7, 11) is 3.06. The van der Waals surface area contributed by atoms with Crippen molar-refractivity contribution in [3.05, 3.63) is 18.1 Å². The summed E-state index contributed by atoms with van der Waals surface area (Å²) in [5.41, 5.74) is -0.842. The summed E-state index contributed by atoms with van der Waals surface area (Å²) in [5, 5.41) is 9.70. The lowest BCUT2D eigenvalue weighted by Gasteiger charge is -2.26. The highest BCUT2D eigenvalue weighted by atomic mass is 16.5. The molecule has 0 atom stereocenters. The third kappa shape index (κ3) is 3.99. The Morgan fingerprint density at radius 1 is 1.59 bits per heavy atom. The minimum Gasteiger partial charge on any atom is -0.463 e. The smallest absolute Gasteiger partial charge is 0.376 e. The van der Waals surface area contributed by atoms with Crippen LogP contribution in [-0.4, -0.2) is 47.3 Å². The molecule has 0 spiro atoms. The van der Waals surface area contributed by atoms with Gasteiger partial charge in [-0.1, -0.05) is 0 Å². The van der Waals surface area contributed by atoms with Crippen LogP contribution in [0, 0.1) is 0 Å². The first-order valence-electron chi connectivity index (χ1n) is 5.18. The second kappa shape index (κ2) is 5.09. The van der Waals surface area contributed by atoms with E-state index < -0.39 is 11.6 Å². The highest BCUT2D eigenvalue weighted by Crippen LogP contribution is 2.12. The van der Waals surface area contributed by atoms with Gasteiger partial charge in [-0.3, -0.25) is 0 Å². The van der Waals surface area contributed by atoms with E-state index in [0.717, 1.165) is 0 Å². The average molecular weight is 239 g/mol. The number of aliphatic hydroxyl groups is 1. The number of hydrogen-bond donors (Lipinski definition) is 1. The van der Waals surface area contributed by atoms with Gasteiger partial charge in [0.25, 0.3) is 0 Å². The Morgan fingerprint density at radius 2 is 2.24 bits per heavy atom. The van der Waals surface area contributed by atoms with Crippen LogP contribution in [0.15, 0.2) is 12.3 Å². The summed E-state index contributed by atoms with van der Waals surface area (Å²) in [4.78, 5) is 20.9. The molecular weight excluding hydrogens is 222 g/mol. The Morgan fingerprint density at radius 3 is 2.76 bits per heavy atom. The lowest BCUT2D eigenvalue weighted by molar-refractivity contribution is 0.0587. The van der Waals surface area contributed by atoms with Crippen molar-refractivity contribution in [3.63, 3.8) is 0 Å². The molecule has 1 aromatic rings. The summed E-state index contributed by atoms with van der Waals surface area (Å²) >= 11 is 0. The van der Waals surface area contributed by atoms with Gasteiger partial charge in [0.2, 0.25) is 5.82 Å². The molecule has 1 aromatic heterocycles. The average Bonchev–Trinajstić information content (AvgIpc) is 2.26. The maximum absolute atomic E-state index is 11.3. The van der Waals surface area contributed by atoms with Gasteiger partial charge in [-0.2, -0.15) is 0 Å². The van der Waals surface area contributed by atoms with Crippen LogP contribution in [0.1, 0.15) is 24.5 Å². The molecule has 0 fully saturated rings. The third-order valence-corrected chi connectivity index (χ3v) is 2.02. The zero-order valence-electron chi connectivity index (χ0n) is 10.5. The van der Waals surface area contributed by atoms with Gasteiger partial charge in [-0.15, -0.1) is 0 Å². The van der Waals surface area contributed by atoms with Gasteiger partial charge >= 0.3 is 5.97 Å². The number of carbonyl (C=O) groups excluding carboxylic acids is 1. The van der Waals surface area contributed by atoms with Crippen LogP contribution in [0.25, 0.3) is 0 Å². The van der Waals surface area contributed by atoms with Gasteiger partial charge in [0.05, 0.1) is 12.7 Å². The van der Waals surface area contributed by atoms with Crippen LogP contribution in [0.2, 0.25) is 0 Å². The van der Waals surface area contributed by atoms with Gasteiger partial charge in [0.15, 0.2) is 0 Å². The Bertz CT molecular complexity index is 401. The molecule has 1 N–H and O–H groups in total. The fourth-order valence-corrected chi connectivity index (χ4v) is 1.41. The predicted molar refractivity (Wildman–Crippen MR) is 62.9 cm³/mol. The molecule has 0 aromatic carbocycles. The van der Waals surface area contributed by atoms with E-state index in [1.807, 2.05) is 0 Å². The first-order chi connectivity index (χ1) is 7.83. The number of methoxy groups -OCH3 is 1. The third-order valence-electron chi connectivity index (χ3n) is 2.02. The number of hydrogen-bond acceptors (Lipinski definition) is 6. The van der Waals surface area contributed by atoms with E-state index >= 15 is 0 Å². The number of rotatable bonds is 4. The monoisotopic (exact) mass is 239 g/mol. The topological polar surface area (TPSA) is 75.5 Å². The normalized spacial score (nSPS) is 11.1. The molecule has 1 rings (SSSR count). The molecular formula is C11H17N3O3. The molecule has 6 nitrogen and oxygen atoms in total. The number of carbonyl (C=O) groups is 1. The number of likely N-dealkylation sites (N-methyl/N-ethyl adjacent to an activating group) is 1. The van der Waals surface area contributed by atoms with Crippen molar-refractivity contribution in [1.29, 1.82) is 0 Å². The van der Waals surface area contributed by atoms with E-state index in [1.54, 1.807) is 31.9 Å². The Hall–Kier alpha value is -1.69. The maximum Gasteiger partial charge on any atom is 0.376 e. The summed E-state index contributed by atoms with van der Waals surface area (Å²) in [6.07, 6.45) is 1.48. The summed E-state index contributed by atoms with van der Waals surface area (Å²) in [6, 6.07) is 1.66. The molecule has 0 saturated heterocycles. The quantitative estimate of drug-likeness (QED) is 0.770. The first-order valence-corrected chi connectivity index (χ1v) is 5.18. The van der Waals surface area contributed by atoms with Gasteiger partial charge in [0.1, 0.15) is 5.82 Å². The predicted octanol–water partition coefficient (Wildman–Crippen LogP) is 0.470. The van der Waals surface area contributed by atoms with E-state index in [9.17, 15) is 9.90 Å². The Kier molecular flexibility index (Phi) is 4.01. The highest BCUT2D eigenvalue weighted by Gasteiger charge is 2.18. The lowest BCUT2D eigenvalue weighted by atomic mass is 10.1. The maximum atomic E-state index is 11.3. The summed E-state index contributed by atoms with van der Waals surface area (Å²) < 4.78 is 4.54. The van der Waals surface area contributed by atoms with E-state index in [1.165, 1.54) is 13.3 Å². The van der Waals surface area contributed by atoms with Crippen molar-refractivity contribution >= 4 is 11.8 Å². The molecule has 0 aliphatic heterocycles. The van der Waals surface area contributed by atoms with Crippen molar-refractivity contribution in [3.8, 4) is 0 Å². The molecule has 17 heavy (non-hydrogen) atoms. The van der Waals surface area contributed by atoms with E-state index in [2.05, 4.69) is 14.7 Å². The summed E-state index contributed by atoms with van der Waals surface area (Å²) in [6.45, 7) is 3.79. The van der Waals surface area contributed by atoms with Gasteiger partial charge in [-0.25, -0.2) is 14.8 Å². The molecule has 0 aliphatic rings. The largest absolute Gasteiger partial charge is 0.463 e. The number of anilines is 1. The second-order valence-corrected chi connectivity index (χ2v) is 4.40. The van der Waals surface area contributed by atoms with E-state index in [0.29, 0.717) is 12.4 Å². The van der Waals surface area contributed by atoms with Crippen LogP contribution < -0.4 is 4.90 Å². The van der Waals surface area contributed by atoms with Gasteiger partial charge < -0.3 is 14.7 Å². The highest BCUT2D eigenvalue weighted by molar-refractivity contribution is 5.85. The van der Waals surface area contributed by atoms with E-state index in [-0.39, 0.29) is 5.82 Å². The molecule has 1 heterocycles. The Balaban J connectivity index is 2.88. The molecule has 0 bridgehead atoms. The van der Waals surface area contributed by atoms with Crippen molar-refractivity contribution in [2.45, 2.75) is 19.4 Å². The Labute approximate surface area is 100 Å². The van der Waals surface area contributed by atoms with E-state index in [4.69, 9.17) is 0 Å². The molecule has 0 amide bonds. The van der Waals surface area contributed by atoms with Gasteiger partial charge in [0, 0.05) is 19.8 Å². The van der Waals surface area contributed by atoms with Crippen LogP contribution in [0.4, 0.5) is 5.82 Å². The number of ether oxygens (including phenoxy) is 1. The van der Waals surface area contributed by atoms with Crippen molar-refractivity contribution in [2.24, 2.45) is 0 Å². The second-order valence-electron chi connectivity index (χ2n) is 4.40. The molecule has 94 valence electrons. The molecule has 0 saturated carbocycles. The summed E-state index contributed by atoms with van der Waals surface area (Å²) in [5.74, 6) is -0.0152. The number of aromatic nitrogens is 2. The molecule has 0 aliphatic carbocycles. The van der Waals surface area contributed by atoms with Crippen molar-refractivity contribution in [2.75, 3.05) is 25.6 Å². The molecule has 0 radical (unpaired) electrons. The van der Waals surface area contributed by atoms with Crippen molar-refractivity contribution in [1.82, 2.24) is 9.97 Å². The zero-order valence-corrected chi connectivity index (χ0v) is 10.5. The van der Waals surface area contributed by atoms with Crippen molar-refractivity contribution < 1.29 is 14.6 Å². The minimum absolute atomic E-state index is 0.00703. The van der Waals surface area contributed by atoms with Crippen LogP contribution >= 0.6 is 0 Å². The van der Waals surface area contributed by atoms with Crippen LogP contribution in [-0.2, 0) is 4.74 Å². The SMILES string of the molecule is COC(=O)c1nccc(N(C)CC(C)(C)O)n1. The number of nitrogens with zero attached hydrogens (tertiary/aromatic N) is 3.